The second kappa shape index (κ2) is 8.04. The maximum atomic E-state index is 12.5. The second-order valence-electron chi connectivity index (χ2n) is 6.60. The van der Waals surface area contributed by atoms with Gasteiger partial charge in [0.15, 0.2) is 0 Å². The Hall–Kier alpha value is -1.23. The lowest BCUT2D eigenvalue weighted by atomic mass is 9.86. The van der Waals surface area contributed by atoms with E-state index in [1.54, 1.807) is 7.11 Å². The highest BCUT2D eigenvalue weighted by Crippen LogP contribution is 2.29. The molecule has 1 aliphatic rings. The molecule has 1 aromatic carbocycles. The van der Waals surface area contributed by atoms with Gasteiger partial charge in [-0.15, -0.1) is 0 Å². The van der Waals surface area contributed by atoms with Gasteiger partial charge in [-0.3, -0.25) is 0 Å². The Labute approximate surface area is 147 Å². The molecule has 0 aromatic heterocycles. The third-order valence-corrected chi connectivity index (χ3v) is 5.41. The molecule has 2 amide bonds. The van der Waals surface area contributed by atoms with Crippen molar-refractivity contribution in [3.05, 3.63) is 28.2 Å². The summed E-state index contributed by atoms with van der Waals surface area (Å²) in [7, 11) is 3.56. The van der Waals surface area contributed by atoms with Crippen LogP contribution in [0.3, 0.4) is 0 Å². The van der Waals surface area contributed by atoms with E-state index in [9.17, 15) is 4.79 Å². The van der Waals surface area contributed by atoms with Gasteiger partial charge in [-0.25, -0.2) is 4.79 Å². The number of carbonyl (C=O) groups is 1. The van der Waals surface area contributed by atoms with Crippen molar-refractivity contribution in [3.8, 4) is 5.75 Å². The van der Waals surface area contributed by atoms with E-state index in [-0.39, 0.29) is 12.1 Å². The van der Waals surface area contributed by atoms with Crippen LogP contribution >= 0.6 is 15.9 Å². The van der Waals surface area contributed by atoms with E-state index >= 15 is 0 Å². The highest BCUT2D eigenvalue weighted by Gasteiger charge is 2.26. The number of urea groups is 1. The van der Waals surface area contributed by atoms with Gasteiger partial charge in [0.1, 0.15) is 5.75 Å². The van der Waals surface area contributed by atoms with E-state index in [0.717, 1.165) is 28.6 Å². The van der Waals surface area contributed by atoms with Crippen LogP contribution in [0.1, 0.15) is 51.1 Å². The first-order valence-corrected chi connectivity index (χ1v) is 9.08. The Morgan fingerprint density at radius 1 is 1.43 bits per heavy atom. The lowest BCUT2D eigenvalue weighted by Crippen LogP contribution is -2.45. The van der Waals surface area contributed by atoms with Crippen LogP contribution in [-0.4, -0.2) is 31.1 Å². The van der Waals surface area contributed by atoms with E-state index < -0.39 is 0 Å². The summed E-state index contributed by atoms with van der Waals surface area (Å²) in [6.45, 7) is 4.28. The molecule has 0 spiro atoms. The van der Waals surface area contributed by atoms with Gasteiger partial charge in [-0.1, -0.05) is 25.8 Å². The Morgan fingerprint density at radius 3 is 2.78 bits per heavy atom. The molecule has 1 N–H and O–H groups in total. The predicted molar refractivity (Wildman–Crippen MR) is 96.8 cm³/mol. The molecule has 3 unspecified atom stereocenters. The number of benzene rings is 1. The minimum Gasteiger partial charge on any atom is -0.496 e. The SMILES string of the molecule is COc1ccc(C(C)NC(=O)N(C)C2CCCC(C)C2)cc1Br. The molecule has 3 atom stereocenters. The predicted octanol–water partition coefficient (Wildman–Crippen LogP) is 4.74. The molecular weight excluding hydrogens is 356 g/mol. The van der Waals surface area contributed by atoms with E-state index in [4.69, 9.17) is 4.74 Å². The zero-order chi connectivity index (χ0) is 17.0. The van der Waals surface area contributed by atoms with Crippen molar-refractivity contribution >= 4 is 22.0 Å². The summed E-state index contributed by atoms with van der Waals surface area (Å²) >= 11 is 3.49. The molecule has 23 heavy (non-hydrogen) atoms. The summed E-state index contributed by atoms with van der Waals surface area (Å²) in [6, 6.07) is 6.20. The zero-order valence-electron chi connectivity index (χ0n) is 14.4. The highest BCUT2D eigenvalue weighted by atomic mass is 79.9. The van der Waals surface area contributed by atoms with E-state index in [2.05, 4.69) is 28.2 Å². The van der Waals surface area contributed by atoms with Crippen LogP contribution in [0.15, 0.2) is 22.7 Å². The topological polar surface area (TPSA) is 41.6 Å². The summed E-state index contributed by atoms with van der Waals surface area (Å²) in [5, 5.41) is 3.10. The third-order valence-electron chi connectivity index (χ3n) is 4.79. The molecule has 1 fully saturated rings. The number of rotatable bonds is 4. The number of carbonyl (C=O) groups excluding carboxylic acids is 1. The van der Waals surface area contributed by atoms with Crippen LogP contribution in [0.5, 0.6) is 5.75 Å². The Balaban J connectivity index is 1.97. The zero-order valence-corrected chi connectivity index (χ0v) is 16.0. The Kier molecular flexibility index (Phi) is 6.33. The minimum atomic E-state index is -0.0480. The van der Waals surface area contributed by atoms with Crippen molar-refractivity contribution in [2.75, 3.05) is 14.2 Å². The van der Waals surface area contributed by atoms with Gasteiger partial charge in [0.2, 0.25) is 0 Å². The van der Waals surface area contributed by atoms with Crippen LogP contribution < -0.4 is 10.1 Å². The Morgan fingerprint density at radius 2 is 2.17 bits per heavy atom. The van der Waals surface area contributed by atoms with Crippen LogP contribution in [0.25, 0.3) is 0 Å². The number of ether oxygens (including phenoxy) is 1. The molecule has 0 saturated heterocycles. The molecule has 1 aromatic rings. The van der Waals surface area contributed by atoms with Gasteiger partial charge in [0.05, 0.1) is 17.6 Å². The summed E-state index contributed by atoms with van der Waals surface area (Å²) in [4.78, 5) is 14.4. The van der Waals surface area contributed by atoms with Crippen molar-refractivity contribution in [2.24, 2.45) is 5.92 Å². The highest BCUT2D eigenvalue weighted by molar-refractivity contribution is 9.10. The summed E-state index contributed by atoms with van der Waals surface area (Å²) in [6.07, 6.45) is 4.70. The summed E-state index contributed by atoms with van der Waals surface area (Å²) < 4.78 is 6.14. The van der Waals surface area contributed by atoms with Gasteiger partial charge in [0, 0.05) is 13.1 Å². The van der Waals surface area contributed by atoms with Crippen LogP contribution in [0, 0.1) is 5.92 Å². The van der Waals surface area contributed by atoms with Crippen LogP contribution in [0.4, 0.5) is 4.79 Å². The van der Waals surface area contributed by atoms with Crippen LogP contribution in [-0.2, 0) is 0 Å². The fraction of sp³-hybridized carbons (Fsp3) is 0.611. The molecular formula is C18H27BrN2O2. The summed E-state index contributed by atoms with van der Waals surface area (Å²) in [5.41, 5.74) is 1.05. The number of nitrogens with one attached hydrogen (secondary N) is 1. The number of hydrogen-bond acceptors (Lipinski definition) is 2. The quantitative estimate of drug-likeness (QED) is 0.816. The average molecular weight is 383 g/mol. The van der Waals surface area contributed by atoms with Crippen molar-refractivity contribution in [3.63, 3.8) is 0 Å². The number of amides is 2. The first-order valence-electron chi connectivity index (χ1n) is 8.29. The number of halogens is 1. The average Bonchev–Trinajstić information content (AvgIpc) is 2.53. The first kappa shape index (κ1) is 18.1. The standard InChI is InChI=1S/C18H27BrN2O2/c1-12-6-5-7-15(10-12)21(3)18(22)20-13(2)14-8-9-17(23-4)16(19)11-14/h8-9,11-13,15H,5-7,10H2,1-4H3,(H,20,22). The molecule has 1 aliphatic carbocycles. The van der Waals surface area contributed by atoms with Gasteiger partial charge in [-0.05, 0) is 59.3 Å². The maximum absolute atomic E-state index is 12.5. The van der Waals surface area contributed by atoms with E-state index in [1.807, 2.05) is 37.1 Å². The van der Waals surface area contributed by atoms with Gasteiger partial charge in [0.25, 0.3) is 0 Å². The Bertz CT molecular complexity index is 550. The van der Waals surface area contributed by atoms with Gasteiger partial charge in [-0.2, -0.15) is 0 Å². The fourth-order valence-electron chi connectivity index (χ4n) is 3.24. The lowest BCUT2D eigenvalue weighted by Gasteiger charge is -2.34. The van der Waals surface area contributed by atoms with E-state index in [1.165, 1.54) is 12.8 Å². The normalized spacial score (nSPS) is 22.3. The number of hydrogen-bond donors (Lipinski definition) is 1. The molecule has 2 rings (SSSR count). The van der Waals surface area contributed by atoms with Crippen molar-refractivity contribution in [2.45, 2.75) is 51.6 Å². The van der Waals surface area contributed by atoms with Gasteiger partial charge < -0.3 is 15.0 Å². The van der Waals surface area contributed by atoms with Crippen molar-refractivity contribution in [1.29, 1.82) is 0 Å². The van der Waals surface area contributed by atoms with Crippen LogP contribution in [0.2, 0.25) is 0 Å². The maximum Gasteiger partial charge on any atom is 0.317 e. The molecule has 1 saturated carbocycles. The second-order valence-corrected chi connectivity index (χ2v) is 7.46. The third kappa shape index (κ3) is 4.63. The minimum absolute atomic E-state index is 0.00328. The monoisotopic (exact) mass is 382 g/mol. The molecule has 0 aliphatic heterocycles. The molecule has 5 heteroatoms. The largest absolute Gasteiger partial charge is 0.496 e. The van der Waals surface area contributed by atoms with E-state index in [0.29, 0.717) is 12.0 Å². The van der Waals surface area contributed by atoms with Gasteiger partial charge >= 0.3 is 6.03 Å². The number of methoxy groups -OCH3 is 1. The first-order chi connectivity index (χ1) is 10.9. The fourth-order valence-corrected chi connectivity index (χ4v) is 3.80. The molecule has 0 heterocycles. The molecule has 0 radical (unpaired) electrons. The molecule has 0 bridgehead atoms. The summed E-state index contributed by atoms with van der Waals surface area (Å²) in [5.74, 6) is 1.50. The van der Waals surface area contributed by atoms with Crippen molar-refractivity contribution < 1.29 is 9.53 Å². The molecule has 4 nitrogen and oxygen atoms in total. The lowest BCUT2D eigenvalue weighted by molar-refractivity contribution is 0.158. The molecule has 128 valence electrons. The number of nitrogens with zero attached hydrogens (tertiary/aromatic N) is 1. The van der Waals surface area contributed by atoms with Crippen molar-refractivity contribution in [1.82, 2.24) is 10.2 Å². The smallest absolute Gasteiger partial charge is 0.317 e.